The van der Waals surface area contributed by atoms with Gasteiger partial charge >= 0.3 is 6.18 Å². The van der Waals surface area contributed by atoms with E-state index in [2.05, 4.69) is 5.32 Å². The molecule has 2 amide bonds. The predicted octanol–water partition coefficient (Wildman–Crippen LogP) is 2.83. The molecular formula is C15H18F4N2O2. The second kappa shape index (κ2) is 7.94. The van der Waals surface area contributed by atoms with E-state index < -0.39 is 23.5 Å². The Bertz CT molecular complexity index is 573. The van der Waals surface area contributed by atoms with Crippen LogP contribution in [0.15, 0.2) is 18.2 Å². The third-order valence-corrected chi connectivity index (χ3v) is 3.25. The molecule has 1 rings (SSSR count). The average molecular weight is 334 g/mol. The van der Waals surface area contributed by atoms with Crippen LogP contribution >= 0.6 is 0 Å². The quantitative estimate of drug-likeness (QED) is 0.642. The molecule has 1 aromatic carbocycles. The van der Waals surface area contributed by atoms with Crippen LogP contribution in [0.4, 0.5) is 17.6 Å². The van der Waals surface area contributed by atoms with Crippen molar-refractivity contribution in [3.8, 4) is 0 Å². The second-order valence-corrected chi connectivity index (χ2v) is 4.90. The zero-order valence-electron chi connectivity index (χ0n) is 12.8. The summed E-state index contributed by atoms with van der Waals surface area (Å²) in [7, 11) is 0. The molecular weight excluding hydrogens is 316 g/mol. The van der Waals surface area contributed by atoms with Crippen LogP contribution in [0.1, 0.15) is 36.2 Å². The molecule has 0 radical (unpaired) electrons. The number of alkyl halides is 3. The van der Waals surface area contributed by atoms with Crippen molar-refractivity contribution in [3.63, 3.8) is 0 Å². The van der Waals surface area contributed by atoms with E-state index in [1.807, 2.05) is 6.92 Å². The normalized spacial score (nSPS) is 11.2. The minimum Gasteiger partial charge on any atom is -0.352 e. The molecule has 0 aromatic heterocycles. The lowest BCUT2D eigenvalue weighted by Crippen LogP contribution is -2.32. The van der Waals surface area contributed by atoms with Gasteiger partial charge < -0.3 is 10.2 Å². The van der Waals surface area contributed by atoms with Gasteiger partial charge in [0.25, 0.3) is 5.91 Å². The van der Waals surface area contributed by atoms with Crippen molar-refractivity contribution in [2.75, 3.05) is 19.6 Å². The van der Waals surface area contributed by atoms with Crippen LogP contribution in [0.3, 0.4) is 0 Å². The van der Waals surface area contributed by atoms with E-state index in [0.29, 0.717) is 31.6 Å². The predicted molar refractivity (Wildman–Crippen MR) is 76.3 cm³/mol. The maximum Gasteiger partial charge on any atom is 0.419 e. The zero-order valence-corrected chi connectivity index (χ0v) is 12.8. The summed E-state index contributed by atoms with van der Waals surface area (Å²) < 4.78 is 50.9. The summed E-state index contributed by atoms with van der Waals surface area (Å²) in [6, 6.07) is 2.10. The molecule has 8 heteroatoms. The Kier molecular flexibility index (Phi) is 6.53. The lowest BCUT2D eigenvalue weighted by atomic mass is 10.1. The SMILES string of the molecule is CCN(CCCNC(=O)c1ccc(F)c(C(F)(F)F)c1)C(C)=O. The Hall–Kier alpha value is -2.12. The molecule has 0 aliphatic heterocycles. The van der Waals surface area contributed by atoms with Gasteiger partial charge in [-0.2, -0.15) is 13.2 Å². The zero-order chi connectivity index (χ0) is 17.6. The van der Waals surface area contributed by atoms with Crippen LogP contribution in [0, 0.1) is 5.82 Å². The summed E-state index contributed by atoms with van der Waals surface area (Å²) in [5.41, 5.74) is -1.74. The van der Waals surface area contributed by atoms with E-state index in [9.17, 15) is 27.2 Å². The average Bonchev–Trinajstić information content (AvgIpc) is 2.45. The highest BCUT2D eigenvalue weighted by Crippen LogP contribution is 2.31. The summed E-state index contributed by atoms with van der Waals surface area (Å²) in [4.78, 5) is 24.6. The molecule has 0 saturated heterocycles. The number of carbonyl (C=O) groups excluding carboxylic acids is 2. The Morgan fingerprint density at radius 3 is 2.43 bits per heavy atom. The molecule has 0 fully saturated rings. The molecule has 0 bridgehead atoms. The second-order valence-electron chi connectivity index (χ2n) is 4.90. The van der Waals surface area contributed by atoms with Crippen LogP contribution in [-0.4, -0.2) is 36.3 Å². The van der Waals surface area contributed by atoms with Crippen LogP contribution in [-0.2, 0) is 11.0 Å². The molecule has 4 nitrogen and oxygen atoms in total. The first-order valence-corrected chi connectivity index (χ1v) is 7.07. The molecule has 128 valence electrons. The fourth-order valence-electron chi connectivity index (χ4n) is 2.00. The molecule has 0 unspecified atom stereocenters. The van der Waals surface area contributed by atoms with E-state index in [4.69, 9.17) is 0 Å². The largest absolute Gasteiger partial charge is 0.419 e. The molecule has 0 atom stereocenters. The van der Waals surface area contributed by atoms with Crippen molar-refractivity contribution in [1.29, 1.82) is 0 Å². The van der Waals surface area contributed by atoms with Crippen molar-refractivity contribution in [2.45, 2.75) is 26.4 Å². The third-order valence-electron chi connectivity index (χ3n) is 3.25. The summed E-state index contributed by atoms with van der Waals surface area (Å²) >= 11 is 0. The van der Waals surface area contributed by atoms with E-state index in [1.54, 1.807) is 4.90 Å². The number of halogens is 4. The fourth-order valence-corrected chi connectivity index (χ4v) is 2.00. The number of benzene rings is 1. The fraction of sp³-hybridized carbons (Fsp3) is 0.467. The molecule has 0 aliphatic carbocycles. The van der Waals surface area contributed by atoms with Crippen LogP contribution in [0.2, 0.25) is 0 Å². The van der Waals surface area contributed by atoms with E-state index in [-0.39, 0.29) is 18.0 Å². The van der Waals surface area contributed by atoms with Crippen LogP contribution in [0.5, 0.6) is 0 Å². The van der Waals surface area contributed by atoms with Gasteiger partial charge in [0.05, 0.1) is 5.56 Å². The lowest BCUT2D eigenvalue weighted by molar-refractivity contribution is -0.140. The number of carbonyl (C=O) groups is 2. The highest BCUT2D eigenvalue weighted by molar-refractivity contribution is 5.94. The minimum atomic E-state index is -4.86. The molecule has 0 heterocycles. The number of hydrogen-bond donors (Lipinski definition) is 1. The standard InChI is InChI=1S/C15H18F4N2O2/c1-3-21(10(2)22)8-4-7-20-14(23)11-5-6-13(16)12(9-11)15(17,18)19/h5-6,9H,3-4,7-8H2,1-2H3,(H,20,23). The number of amides is 2. The molecule has 1 N–H and O–H groups in total. The Balaban J connectivity index is 2.61. The topological polar surface area (TPSA) is 49.4 Å². The van der Waals surface area contributed by atoms with E-state index in [1.165, 1.54) is 6.92 Å². The Labute approximate surface area is 131 Å². The maximum absolute atomic E-state index is 13.1. The van der Waals surface area contributed by atoms with E-state index >= 15 is 0 Å². The molecule has 1 aromatic rings. The van der Waals surface area contributed by atoms with Gasteiger partial charge in [0.1, 0.15) is 5.82 Å². The van der Waals surface area contributed by atoms with Gasteiger partial charge in [-0.3, -0.25) is 9.59 Å². The minimum absolute atomic E-state index is 0.0906. The van der Waals surface area contributed by atoms with Crippen molar-refractivity contribution in [1.82, 2.24) is 10.2 Å². The molecule has 23 heavy (non-hydrogen) atoms. The monoisotopic (exact) mass is 334 g/mol. The van der Waals surface area contributed by atoms with Gasteiger partial charge in [0, 0.05) is 32.1 Å². The summed E-state index contributed by atoms with van der Waals surface area (Å²) in [6.45, 7) is 4.41. The van der Waals surface area contributed by atoms with Crippen molar-refractivity contribution >= 4 is 11.8 Å². The number of rotatable bonds is 6. The smallest absolute Gasteiger partial charge is 0.352 e. The first-order valence-electron chi connectivity index (χ1n) is 7.07. The maximum atomic E-state index is 13.1. The first-order chi connectivity index (χ1) is 10.7. The van der Waals surface area contributed by atoms with Gasteiger partial charge in [-0.1, -0.05) is 0 Å². The van der Waals surface area contributed by atoms with Crippen LogP contribution < -0.4 is 5.32 Å². The highest BCUT2D eigenvalue weighted by Gasteiger charge is 2.34. The summed E-state index contributed by atoms with van der Waals surface area (Å²) in [5, 5.41) is 2.45. The number of nitrogens with zero attached hydrogens (tertiary/aromatic N) is 1. The molecule has 0 spiro atoms. The van der Waals surface area contributed by atoms with Crippen molar-refractivity contribution in [3.05, 3.63) is 35.1 Å². The first kappa shape index (κ1) is 18.9. The van der Waals surface area contributed by atoms with Crippen LogP contribution in [0.25, 0.3) is 0 Å². The number of nitrogens with one attached hydrogen (secondary N) is 1. The Morgan fingerprint density at radius 1 is 1.26 bits per heavy atom. The number of hydrogen-bond acceptors (Lipinski definition) is 2. The van der Waals surface area contributed by atoms with Crippen molar-refractivity contribution < 1.29 is 27.2 Å². The van der Waals surface area contributed by atoms with Gasteiger partial charge in [0.15, 0.2) is 0 Å². The van der Waals surface area contributed by atoms with Gasteiger partial charge in [-0.25, -0.2) is 4.39 Å². The van der Waals surface area contributed by atoms with Crippen molar-refractivity contribution in [2.24, 2.45) is 0 Å². The van der Waals surface area contributed by atoms with E-state index in [0.717, 1.165) is 6.07 Å². The third kappa shape index (κ3) is 5.54. The summed E-state index contributed by atoms with van der Waals surface area (Å²) in [5.74, 6) is -2.23. The summed E-state index contributed by atoms with van der Waals surface area (Å²) in [6.07, 6.45) is -4.39. The Morgan fingerprint density at radius 2 is 1.91 bits per heavy atom. The molecule has 0 saturated carbocycles. The van der Waals surface area contributed by atoms with Gasteiger partial charge in [-0.05, 0) is 31.5 Å². The van der Waals surface area contributed by atoms with Gasteiger partial charge in [0.2, 0.25) is 5.91 Å². The van der Waals surface area contributed by atoms with Gasteiger partial charge in [-0.15, -0.1) is 0 Å². The lowest BCUT2D eigenvalue weighted by Gasteiger charge is -2.18. The molecule has 0 aliphatic rings. The highest BCUT2D eigenvalue weighted by atomic mass is 19.4.